The maximum absolute atomic E-state index is 11.8. The van der Waals surface area contributed by atoms with Crippen molar-refractivity contribution in [2.75, 3.05) is 32.8 Å². The predicted molar refractivity (Wildman–Crippen MR) is 200 cm³/mol. The van der Waals surface area contributed by atoms with Gasteiger partial charge in [0.05, 0.1) is 28.3 Å². The van der Waals surface area contributed by atoms with E-state index in [2.05, 4.69) is 33.4 Å². The molecule has 0 spiro atoms. The Labute approximate surface area is 314 Å². The van der Waals surface area contributed by atoms with Crippen LogP contribution in [-0.2, 0) is 24.4 Å². The summed E-state index contributed by atoms with van der Waals surface area (Å²) in [6, 6.07) is 19.8. The van der Waals surface area contributed by atoms with Crippen molar-refractivity contribution in [3.05, 3.63) is 105 Å². The number of carbonyl (C=O) groups is 1. The number of ether oxygens (including phenoxy) is 3. The molecule has 0 amide bonds. The second-order valence-corrected chi connectivity index (χ2v) is 14.7. The van der Waals surface area contributed by atoms with Crippen LogP contribution in [0, 0.1) is 17.2 Å². The maximum atomic E-state index is 11.8. The van der Waals surface area contributed by atoms with Crippen LogP contribution >= 0.6 is 23.2 Å². The molecule has 7 rings (SSSR count). The third kappa shape index (κ3) is 8.54. The summed E-state index contributed by atoms with van der Waals surface area (Å²) in [7, 11) is 0. The number of pyridine rings is 1. The highest BCUT2D eigenvalue weighted by molar-refractivity contribution is 6.35. The summed E-state index contributed by atoms with van der Waals surface area (Å²) in [5.74, 6) is 2.46. The van der Waals surface area contributed by atoms with E-state index < -0.39 is 0 Å². The number of carbonyl (C=O) groups excluding carboxylic acids is 1. The summed E-state index contributed by atoms with van der Waals surface area (Å²) in [5, 5.41) is 23.4. The van der Waals surface area contributed by atoms with E-state index in [0.29, 0.717) is 70.6 Å². The fourth-order valence-electron chi connectivity index (χ4n) is 7.37. The van der Waals surface area contributed by atoms with E-state index in [9.17, 15) is 15.2 Å². The number of aliphatic hydroxyl groups is 1. The Morgan fingerprint density at radius 2 is 1.83 bits per heavy atom. The highest BCUT2D eigenvalue weighted by Gasteiger charge is 2.29. The first kappa shape index (κ1) is 36.2. The van der Waals surface area contributed by atoms with Gasteiger partial charge in [-0.3, -0.25) is 14.7 Å². The molecule has 52 heavy (non-hydrogen) atoms. The van der Waals surface area contributed by atoms with Crippen molar-refractivity contribution in [1.82, 2.24) is 15.2 Å². The zero-order valence-electron chi connectivity index (χ0n) is 29.0. The number of ketones is 1. The number of rotatable bonds is 15. The molecular formula is C41H42Cl2N4O5. The van der Waals surface area contributed by atoms with Gasteiger partial charge in [0.25, 0.3) is 0 Å². The minimum atomic E-state index is -0.223. The lowest BCUT2D eigenvalue weighted by molar-refractivity contribution is -0.117. The first-order chi connectivity index (χ1) is 25.3. The number of benzene rings is 3. The van der Waals surface area contributed by atoms with Crippen LogP contribution in [0.3, 0.4) is 0 Å². The van der Waals surface area contributed by atoms with Crippen molar-refractivity contribution >= 4 is 29.0 Å². The van der Waals surface area contributed by atoms with Crippen LogP contribution in [0.15, 0.2) is 67.0 Å². The number of nitriles is 1. The van der Waals surface area contributed by atoms with Crippen LogP contribution in [0.1, 0.15) is 66.0 Å². The normalized spacial score (nSPS) is 18.5. The van der Waals surface area contributed by atoms with Gasteiger partial charge in [0, 0.05) is 74.2 Å². The molecule has 2 aliphatic carbocycles. The molecule has 4 aromatic rings. The second kappa shape index (κ2) is 16.7. The third-order valence-corrected chi connectivity index (χ3v) is 10.8. The van der Waals surface area contributed by atoms with Crippen molar-refractivity contribution in [1.29, 1.82) is 5.26 Å². The van der Waals surface area contributed by atoms with E-state index in [0.717, 1.165) is 79.7 Å². The lowest BCUT2D eigenvalue weighted by atomic mass is 9.96. The van der Waals surface area contributed by atoms with Crippen LogP contribution in [-0.4, -0.2) is 59.7 Å². The molecule has 3 aromatic carbocycles. The Balaban J connectivity index is 1.07. The lowest BCUT2D eigenvalue weighted by Gasteiger charge is -2.35. The Hall–Kier alpha value is -4.17. The van der Waals surface area contributed by atoms with Gasteiger partial charge < -0.3 is 24.6 Å². The molecule has 0 unspecified atom stereocenters. The zero-order valence-corrected chi connectivity index (χ0v) is 30.5. The minimum absolute atomic E-state index is 0.203. The highest BCUT2D eigenvalue weighted by atomic mass is 35.5. The van der Waals surface area contributed by atoms with E-state index in [1.807, 2.05) is 36.4 Å². The van der Waals surface area contributed by atoms with Gasteiger partial charge in [-0.25, -0.2) is 0 Å². The van der Waals surface area contributed by atoms with Crippen LogP contribution in [0.5, 0.6) is 17.2 Å². The van der Waals surface area contributed by atoms with Crippen LogP contribution in [0.25, 0.3) is 11.1 Å². The Kier molecular flexibility index (Phi) is 11.6. The molecule has 1 aliphatic heterocycles. The quantitative estimate of drug-likeness (QED) is 0.120. The molecule has 2 fully saturated rings. The molecule has 3 aliphatic rings. The molecule has 11 heteroatoms. The predicted octanol–water partition coefficient (Wildman–Crippen LogP) is 7.48. The van der Waals surface area contributed by atoms with E-state index >= 15 is 0 Å². The molecule has 0 bridgehead atoms. The topological polar surface area (TPSA) is 117 Å². The number of β-amino-alcohol motifs (C(OH)–C–C–N with tert-alkyl or cyclic N) is 1. The number of nitrogens with one attached hydrogen (secondary N) is 1. The number of aromatic nitrogens is 1. The standard InChI is InChI=1S/C41H42Cl2N4O5/c42-36-16-29(22-46-19-26-8-9-30(48)15-26)39(51-25-28-14-27(18-44)20-45-21-28)17-40(36)52-37-11-10-33-32(4-1-5-34(33)37)35-6-2-7-38(41(35)43)50-13-3-12-47-23-31(49)24-47/h1-2,4-7,14,16-17,20-21,26,31,37,46,49H,3,8-13,15,19,22-25H2/t26-,37+/m1/s1. The van der Waals surface area contributed by atoms with Gasteiger partial charge in [0.15, 0.2) is 0 Å². The van der Waals surface area contributed by atoms with E-state index in [1.54, 1.807) is 12.3 Å². The summed E-state index contributed by atoms with van der Waals surface area (Å²) in [4.78, 5) is 18.2. The number of hydrogen-bond donors (Lipinski definition) is 2. The number of halogens is 2. The zero-order chi connectivity index (χ0) is 36.0. The minimum Gasteiger partial charge on any atom is -0.492 e. The molecular weight excluding hydrogens is 699 g/mol. The molecule has 2 heterocycles. The summed E-state index contributed by atoms with van der Waals surface area (Å²) in [6.45, 7) is 4.35. The van der Waals surface area contributed by atoms with Crippen molar-refractivity contribution < 1.29 is 24.1 Å². The molecule has 9 nitrogen and oxygen atoms in total. The molecule has 1 saturated heterocycles. The van der Waals surface area contributed by atoms with E-state index in [-0.39, 0.29) is 18.8 Å². The monoisotopic (exact) mass is 740 g/mol. The number of hydrogen-bond acceptors (Lipinski definition) is 9. The van der Waals surface area contributed by atoms with Gasteiger partial charge in [-0.2, -0.15) is 5.26 Å². The molecule has 270 valence electrons. The number of aliphatic hydroxyl groups excluding tert-OH is 1. The highest BCUT2D eigenvalue weighted by Crippen LogP contribution is 2.45. The van der Waals surface area contributed by atoms with Gasteiger partial charge in [-0.15, -0.1) is 0 Å². The average Bonchev–Trinajstić information content (AvgIpc) is 3.75. The fourth-order valence-corrected chi connectivity index (χ4v) is 7.89. The summed E-state index contributed by atoms with van der Waals surface area (Å²) < 4.78 is 19.1. The van der Waals surface area contributed by atoms with Crippen LogP contribution in [0.2, 0.25) is 10.0 Å². The van der Waals surface area contributed by atoms with E-state index in [1.165, 1.54) is 11.8 Å². The fraction of sp³-hybridized carbons (Fsp3) is 0.390. The van der Waals surface area contributed by atoms with Crippen LogP contribution in [0.4, 0.5) is 0 Å². The average molecular weight is 742 g/mol. The summed E-state index contributed by atoms with van der Waals surface area (Å²) in [6.07, 6.45) is 7.40. The maximum Gasteiger partial charge on any atom is 0.142 e. The third-order valence-electron chi connectivity index (χ3n) is 10.1. The molecule has 1 aromatic heterocycles. The second-order valence-electron chi connectivity index (χ2n) is 13.9. The Morgan fingerprint density at radius 3 is 2.63 bits per heavy atom. The lowest BCUT2D eigenvalue weighted by Crippen LogP contribution is -2.50. The SMILES string of the molecule is N#Cc1cncc(COc2cc(O[C@H]3CCc4c(-c5cccc(OCCCN6CC(O)C6)c5Cl)cccc43)c(Cl)cc2CNC[C@@H]2CCC(=O)C2)c1. The number of Topliss-reactive ketones (excluding diaryl/α,β-unsaturated/α-hetero) is 1. The van der Waals surface area contributed by atoms with Crippen molar-refractivity contribution in [2.24, 2.45) is 5.92 Å². The summed E-state index contributed by atoms with van der Waals surface area (Å²) >= 11 is 13.9. The van der Waals surface area contributed by atoms with Gasteiger partial charge in [0.1, 0.15) is 41.8 Å². The Morgan fingerprint density at radius 1 is 0.981 bits per heavy atom. The number of nitrogens with zero attached hydrogens (tertiary/aromatic N) is 3. The number of likely N-dealkylation sites (tertiary alicyclic amines) is 1. The molecule has 2 atom stereocenters. The summed E-state index contributed by atoms with van der Waals surface area (Å²) in [5.41, 5.74) is 6.37. The van der Waals surface area contributed by atoms with Gasteiger partial charge in [-0.05, 0) is 73.0 Å². The van der Waals surface area contributed by atoms with Gasteiger partial charge >= 0.3 is 0 Å². The first-order valence-electron chi connectivity index (χ1n) is 18.0. The Bertz CT molecular complexity index is 1960. The van der Waals surface area contributed by atoms with E-state index in [4.69, 9.17) is 37.4 Å². The first-order valence-corrected chi connectivity index (χ1v) is 18.7. The molecule has 1 saturated carbocycles. The smallest absolute Gasteiger partial charge is 0.142 e. The van der Waals surface area contributed by atoms with Crippen molar-refractivity contribution in [3.63, 3.8) is 0 Å². The van der Waals surface area contributed by atoms with Crippen molar-refractivity contribution in [2.45, 2.75) is 63.9 Å². The number of fused-ring (bicyclic) bond motifs is 1. The largest absolute Gasteiger partial charge is 0.492 e. The van der Waals surface area contributed by atoms with Crippen LogP contribution < -0.4 is 19.5 Å². The van der Waals surface area contributed by atoms with Crippen molar-refractivity contribution in [3.8, 4) is 34.4 Å². The van der Waals surface area contributed by atoms with Gasteiger partial charge in [0.2, 0.25) is 0 Å². The molecule has 0 radical (unpaired) electrons. The molecule has 2 N–H and O–H groups in total. The van der Waals surface area contributed by atoms with Gasteiger partial charge in [-0.1, -0.05) is 53.5 Å².